The molecule has 0 radical (unpaired) electrons. The molecule has 0 aliphatic carbocycles. The molecule has 1 aromatic carbocycles. The second-order valence-corrected chi connectivity index (χ2v) is 7.80. The zero-order valence-corrected chi connectivity index (χ0v) is 18.2. The van der Waals surface area contributed by atoms with Crippen molar-refractivity contribution < 1.29 is 9.59 Å². The van der Waals surface area contributed by atoms with Crippen LogP contribution in [0, 0.1) is 0 Å². The summed E-state index contributed by atoms with van der Waals surface area (Å²) in [5.74, 6) is -0.451. The van der Waals surface area contributed by atoms with Crippen LogP contribution in [0.4, 0.5) is 4.79 Å². The van der Waals surface area contributed by atoms with Crippen LogP contribution >= 0.6 is 11.8 Å². The van der Waals surface area contributed by atoms with Crippen molar-refractivity contribution in [2.75, 3.05) is 25.4 Å². The Labute approximate surface area is 175 Å². The average molecular weight is 420 g/mol. The average Bonchev–Trinajstić information content (AvgIpc) is 2.68. The molecule has 9 heteroatoms. The van der Waals surface area contributed by atoms with Gasteiger partial charge in [-0.3, -0.25) is 19.5 Å². The number of likely N-dealkylation sites (N-methyl/N-ethyl adjacent to an activating group) is 1. The summed E-state index contributed by atoms with van der Waals surface area (Å²) in [5, 5.41) is 5.92. The first-order valence-corrected chi connectivity index (χ1v) is 10.8. The number of imide groups is 1. The van der Waals surface area contributed by atoms with Gasteiger partial charge in [0, 0.05) is 19.1 Å². The maximum absolute atomic E-state index is 13.0. The first-order chi connectivity index (χ1) is 13.8. The van der Waals surface area contributed by atoms with Crippen molar-refractivity contribution in [1.82, 2.24) is 25.1 Å². The Morgan fingerprint density at radius 3 is 2.55 bits per heavy atom. The number of thioether (sulfide) groups is 1. The van der Waals surface area contributed by atoms with Crippen LogP contribution in [0.2, 0.25) is 0 Å². The number of hydrogen-bond acceptors (Lipinski definition) is 6. The summed E-state index contributed by atoms with van der Waals surface area (Å²) in [6.45, 7) is 10.8. The van der Waals surface area contributed by atoms with Crippen LogP contribution < -0.4 is 16.2 Å². The molecule has 0 aliphatic heterocycles. The highest BCUT2D eigenvalue weighted by Crippen LogP contribution is 2.17. The van der Waals surface area contributed by atoms with E-state index in [0.29, 0.717) is 29.1 Å². The van der Waals surface area contributed by atoms with Gasteiger partial charge in [0.05, 0.1) is 16.7 Å². The quantitative estimate of drug-likeness (QED) is 0.477. The number of benzene rings is 1. The van der Waals surface area contributed by atoms with Gasteiger partial charge in [0.25, 0.3) is 5.56 Å². The minimum atomic E-state index is -0.531. The Balaban J connectivity index is 2.21. The largest absolute Gasteiger partial charge is 0.336 e. The van der Waals surface area contributed by atoms with Gasteiger partial charge in [-0.05, 0) is 39.1 Å². The highest BCUT2D eigenvalue weighted by Gasteiger charge is 2.15. The number of amides is 3. The fourth-order valence-corrected chi connectivity index (χ4v) is 3.65. The Morgan fingerprint density at radius 2 is 1.90 bits per heavy atom. The lowest BCUT2D eigenvalue weighted by Gasteiger charge is -2.20. The number of para-hydroxylation sites is 1. The van der Waals surface area contributed by atoms with Crippen molar-refractivity contribution in [2.45, 2.75) is 45.4 Å². The molecular formula is C20H29N5O3S. The minimum Gasteiger partial charge on any atom is -0.336 e. The molecule has 1 aromatic heterocycles. The molecule has 0 fully saturated rings. The van der Waals surface area contributed by atoms with Crippen molar-refractivity contribution in [3.63, 3.8) is 0 Å². The third-order valence-electron chi connectivity index (χ3n) is 4.37. The van der Waals surface area contributed by atoms with E-state index in [0.717, 1.165) is 24.9 Å². The highest BCUT2D eigenvalue weighted by atomic mass is 32.2. The normalized spacial score (nSPS) is 11.2. The van der Waals surface area contributed by atoms with Crippen molar-refractivity contribution >= 4 is 34.6 Å². The Bertz CT molecular complexity index is 909. The number of aromatic nitrogens is 2. The molecule has 0 bridgehead atoms. The topological polar surface area (TPSA) is 96.3 Å². The zero-order valence-electron chi connectivity index (χ0n) is 17.4. The third-order valence-corrected chi connectivity index (χ3v) is 5.34. The minimum absolute atomic E-state index is 0.0123. The highest BCUT2D eigenvalue weighted by molar-refractivity contribution is 7.99. The fraction of sp³-hybridized carbons (Fsp3) is 0.500. The summed E-state index contributed by atoms with van der Waals surface area (Å²) in [7, 11) is 0. The van der Waals surface area contributed by atoms with Crippen LogP contribution in [-0.2, 0) is 11.3 Å². The first kappa shape index (κ1) is 22.9. The number of carbonyl (C=O) groups is 2. The second kappa shape index (κ2) is 11.0. The van der Waals surface area contributed by atoms with Gasteiger partial charge in [-0.1, -0.05) is 37.7 Å². The van der Waals surface area contributed by atoms with E-state index in [4.69, 9.17) is 0 Å². The van der Waals surface area contributed by atoms with Crippen molar-refractivity contribution in [2.24, 2.45) is 0 Å². The smallest absolute Gasteiger partial charge is 0.321 e. The molecule has 1 heterocycles. The maximum atomic E-state index is 13.0. The number of nitrogens with zero attached hydrogens (tertiary/aromatic N) is 3. The summed E-state index contributed by atoms with van der Waals surface area (Å²) in [6, 6.07) is 6.58. The number of rotatable bonds is 9. The standard InChI is InChI=1S/C20H29N5O3S/c1-5-24(6-2)11-12-25-18(27)15-9-7-8-10-16(15)22-20(25)29-13-17(26)23-19(28)21-14(3)4/h7-10,14H,5-6,11-13H2,1-4H3,(H2,21,23,26,28). The molecule has 2 rings (SSSR count). The lowest BCUT2D eigenvalue weighted by atomic mass is 10.2. The molecule has 3 amide bonds. The summed E-state index contributed by atoms with van der Waals surface area (Å²) >= 11 is 1.15. The molecule has 29 heavy (non-hydrogen) atoms. The molecule has 0 atom stereocenters. The number of urea groups is 1. The van der Waals surface area contributed by atoms with Crippen molar-refractivity contribution in [3.8, 4) is 0 Å². The molecule has 2 N–H and O–H groups in total. The van der Waals surface area contributed by atoms with Gasteiger partial charge in [-0.15, -0.1) is 0 Å². The molecule has 0 aliphatic rings. The van der Waals surface area contributed by atoms with Gasteiger partial charge < -0.3 is 10.2 Å². The molecule has 0 saturated carbocycles. The molecule has 0 saturated heterocycles. The molecule has 8 nitrogen and oxygen atoms in total. The molecule has 0 spiro atoms. The van der Waals surface area contributed by atoms with E-state index in [1.54, 1.807) is 16.7 Å². The van der Waals surface area contributed by atoms with Crippen LogP contribution in [0.3, 0.4) is 0 Å². The van der Waals surface area contributed by atoms with Crippen LogP contribution in [-0.4, -0.2) is 57.8 Å². The van der Waals surface area contributed by atoms with E-state index in [-0.39, 0.29) is 17.4 Å². The fourth-order valence-electron chi connectivity index (χ4n) is 2.83. The van der Waals surface area contributed by atoms with E-state index in [9.17, 15) is 14.4 Å². The maximum Gasteiger partial charge on any atom is 0.321 e. The SMILES string of the molecule is CCN(CC)CCn1c(SCC(=O)NC(=O)NC(C)C)nc2ccccc2c1=O. The van der Waals surface area contributed by atoms with E-state index >= 15 is 0 Å². The van der Waals surface area contributed by atoms with E-state index in [1.807, 2.05) is 26.0 Å². The summed E-state index contributed by atoms with van der Waals surface area (Å²) < 4.78 is 1.62. The van der Waals surface area contributed by atoms with Crippen LogP contribution in [0.15, 0.2) is 34.2 Å². The number of carbonyl (C=O) groups excluding carboxylic acids is 2. The predicted octanol–water partition coefficient (Wildman–Crippen LogP) is 2.06. The third kappa shape index (κ3) is 6.57. The first-order valence-electron chi connectivity index (χ1n) is 9.80. The Morgan fingerprint density at radius 1 is 1.21 bits per heavy atom. The number of nitrogens with one attached hydrogen (secondary N) is 2. The molecule has 2 aromatic rings. The van der Waals surface area contributed by atoms with Gasteiger partial charge >= 0.3 is 6.03 Å². The molecule has 158 valence electrons. The van der Waals surface area contributed by atoms with E-state index in [1.165, 1.54) is 0 Å². The van der Waals surface area contributed by atoms with Crippen LogP contribution in [0.25, 0.3) is 10.9 Å². The lowest BCUT2D eigenvalue weighted by molar-refractivity contribution is -0.117. The number of hydrogen-bond donors (Lipinski definition) is 2. The van der Waals surface area contributed by atoms with Gasteiger partial charge in [-0.2, -0.15) is 0 Å². The summed E-state index contributed by atoms with van der Waals surface area (Å²) in [4.78, 5) is 43.6. The van der Waals surface area contributed by atoms with Gasteiger partial charge in [-0.25, -0.2) is 9.78 Å². The summed E-state index contributed by atoms with van der Waals surface area (Å²) in [5.41, 5.74) is 0.472. The van der Waals surface area contributed by atoms with Gasteiger partial charge in [0.2, 0.25) is 5.91 Å². The van der Waals surface area contributed by atoms with Gasteiger partial charge in [0.1, 0.15) is 0 Å². The predicted molar refractivity (Wildman–Crippen MR) is 116 cm³/mol. The summed E-state index contributed by atoms with van der Waals surface area (Å²) in [6.07, 6.45) is 0. The second-order valence-electron chi connectivity index (χ2n) is 6.86. The monoisotopic (exact) mass is 419 g/mol. The molecule has 0 unspecified atom stereocenters. The van der Waals surface area contributed by atoms with Crippen molar-refractivity contribution in [1.29, 1.82) is 0 Å². The van der Waals surface area contributed by atoms with Crippen LogP contribution in [0.5, 0.6) is 0 Å². The van der Waals surface area contributed by atoms with Crippen LogP contribution in [0.1, 0.15) is 27.7 Å². The van der Waals surface area contributed by atoms with Crippen molar-refractivity contribution in [3.05, 3.63) is 34.6 Å². The Kier molecular flexibility index (Phi) is 8.66. The lowest BCUT2D eigenvalue weighted by Crippen LogP contribution is -2.43. The van der Waals surface area contributed by atoms with Gasteiger partial charge in [0.15, 0.2) is 5.16 Å². The van der Waals surface area contributed by atoms with E-state index in [2.05, 4.69) is 34.4 Å². The van der Waals surface area contributed by atoms with E-state index < -0.39 is 11.9 Å². The number of fused-ring (bicyclic) bond motifs is 1. The molecular weight excluding hydrogens is 390 g/mol. The zero-order chi connectivity index (χ0) is 21.4. The Hall–Kier alpha value is -2.39.